The molecule has 2 aromatic carbocycles. The number of hydrogen-bond acceptors (Lipinski definition) is 6. The number of benzene rings is 2. The molecule has 34 heavy (non-hydrogen) atoms. The van der Waals surface area contributed by atoms with Crippen molar-refractivity contribution in [3.05, 3.63) is 69.5 Å². The van der Waals surface area contributed by atoms with Gasteiger partial charge >= 0.3 is 0 Å². The zero-order chi connectivity index (χ0) is 24.3. The summed E-state index contributed by atoms with van der Waals surface area (Å²) in [5.74, 6) is 0.0680. The van der Waals surface area contributed by atoms with Crippen LogP contribution in [0, 0.1) is 0 Å². The molecule has 0 spiro atoms. The van der Waals surface area contributed by atoms with Gasteiger partial charge in [-0.15, -0.1) is 11.3 Å². The van der Waals surface area contributed by atoms with Gasteiger partial charge in [-0.1, -0.05) is 35.9 Å². The third-order valence-corrected chi connectivity index (χ3v) is 9.26. The summed E-state index contributed by atoms with van der Waals surface area (Å²) < 4.78 is 24.5. The summed E-state index contributed by atoms with van der Waals surface area (Å²) in [7, 11) is -3.30. The van der Waals surface area contributed by atoms with Crippen molar-refractivity contribution in [2.24, 2.45) is 0 Å². The van der Waals surface area contributed by atoms with Crippen molar-refractivity contribution < 1.29 is 13.2 Å². The molecule has 0 aliphatic carbocycles. The first-order valence-corrected chi connectivity index (χ1v) is 14.1. The van der Waals surface area contributed by atoms with Gasteiger partial charge in [0, 0.05) is 42.1 Å². The minimum absolute atomic E-state index is 0.0680. The first-order valence-electron chi connectivity index (χ1n) is 11.3. The van der Waals surface area contributed by atoms with Crippen LogP contribution in [0.25, 0.3) is 11.3 Å². The molecule has 2 heterocycles. The Morgan fingerprint density at radius 1 is 1.03 bits per heavy atom. The fourth-order valence-electron chi connectivity index (χ4n) is 3.84. The Bertz CT molecular complexity index is 1230. The molecule has 1 aliphatic rings. The summed E-state index contributed by atoms with van der Waals surface area (Å²) in [5, 5.41) is 3.37. The third-order valence-electron chi connectivity index (χ3n) is 6.00. The lowest BCUT2D eigenvalue weighted by atomic mass is 10.1. The molecule has 1 fully saturated rings. The normalized spacial score (nSPS) is 15.1. The molecule has 6 nitrogen and oxygen atoms in total. The van der Waals surface area contributed by atoms with Crippen molar-refractivity contribution in [1.82, 2.24) is 14.8 Å². The van der Waals surface area contributed by atoms with E-state index in [4.69, 9.17) is 16.6 Å². The number of amides is 1. The maximum atomic E-state index is 12.8. The van der Waals surface area contributed by atoms with E-state index in [2.05, 4.69) is 10.3 Å². The van der Waals surface area contributed by atoms with Crippen LogP contribution in [0.4, 0.5) is 0 Å². The van der Waals surface area contributed by atoms with Gasteiger partial charge in [-0.25, -0.2) is 13.4 Å². The van der Waals surface area contributed by atoms with E-state index in [0.717, 1.165) is 41.5 Å². The molecule has 1 aliphatic heterocycles. The average molecular weight is 518 g/mol. The van der Waals surface area contributed by atoms with Gasteiger partial charge in [-0.3, -0.25) is 9.69 Å². The number of carbonyl (C=O) groups is 1. The summed E-state index contributed by atoms with van der Waals surface area (Å²) in [5.41, 5.74) is 2.84. The molecule has 1 saturated heterocycles. The highest BCUT2D eigenvalue weighted by atomic mass is 35.5. The van der Waals surface area contributed by atoms with E-state index in [-0.39, 0.29) is 12.3 Å². The van der Waals surface area contributed by atoms with E-state index in [9.17, 15) is 13.2 Å². The Morgan fingerprint density at radius 3 is 2.29 bits per heavy atom. The number of halogens is 1. The van der Waals surface area contributed by atoms with Gasteiger partial charge < -0.3 is 4.90 Å². The van der Waals surface area contributed by atoms with Crippen LogP contribution in [0.1, 0.15) is 24.4 Å². The van der Waals surface area contributed by atoms with E-state index in [0.29, 0.717) is 23.0 Å². The van der Waals surface area contributed by atoms with Gasteiger partial charge in [-0.05, 0) is 43.7 Å². The first kappa shape index (κ1) is 24.9. The first-order chi connectivity index (χ1) is 16.2. The molecular formula is C25H28ClN3O3S2. The summed E-state index contributed by atoms with van der Waals surface area (Å²) in [6.45, 7) is 7.05. The smallest absolute Gasteiger partial charge is 0.227 e. The maximum absolute atomic E-state index is 12.8. The van der Waals surface area contributed by atoms with Crippen LogP contribution in [-0.2, 0) is 27.6 Å². The van der Waals surface area contributed by atoms with Gasteiger partial charge in [0.1, 0.15) is 5.01 Å². The molecule has 180 valence electrons. The van der Waals surface area contributed by atoms with E-state index >= 15 is 0 Å². The molecule has 3 aromatic rings. The zero-order valence-corrected chi connectivity index (χ0v) is 21.7. The molecule has 0 N–H and O–H groups in total. The molecule has 1 amide bonds. The second kappa shape index (κ2) is 10.6. The van der Waals surface area contributed by atoms with Crippen LogP contribution < -0.4 is 0 Å². The molecule has 0 bridgehead atoms. The number of sulfone groups is 1. The molecule has 4 rings (SSSR count). The van der Waals surface area contributed by atoms with Crippen LogP contribution in [0.15, 0.2) is 58.8 Å². The molecular weight excluding hydrogens is 490 g/mol. The largest absolute Gasteiger partial charge is 0.340 e. The highest BCUT2D eigenvalue weighted by Crippen LogP contribution is 2.24. The molecule has 0 radical (unpaired) electrons. The fourth-order valence-corrected chi connectivity index (χ4v) is 5.87. The van der Waals surface area contributed by atoms with Crippen molar-refractivity contribution in [2.75, 3.05) is 26.2 Å². The topological polar surface area (TPSA) is 70.6 Å². The van der Waals surface area contributed by atoms with Gasteiger partial charge in [-0.2, -0.15) is 0 Å². The van der Waals surface area contributed by atoms with Crippen LogP contribution in [0.5, 0.6) is 0 Å². The predicted octanol–water partition coefficient (Wildman–Crippen LogP) is 4.53. The highest BCUT2D eigenvalue weighted by Gasteiger charge is 2.23. The van der Waals surface area contributed by atoms with Crippen molar-refractivity contribution in [3.8, 4) is 11.3 Å². The van der Waals surface area contributed by atoms with E-state index in [1.165, 1.54) is 0 Å². The van der Waals surface area contributed by atoms with Crippen molar-refractivity contribution in [2.45, 2.75) is 37.0 Å². The third kappa shape index (κ3) is 5.86. The Balaban J connectivity index is 1.27. The lowest BCUT2D eigenvalue weighted by Gasteiger charge is -2.34. The minimum Gasteiger partial charge on any atom is -0.340 e. The summed E-state index contributed by atoms with van der Waals surface area (Å²) in [6.07, 6.45) is 0.277. The number of nitrogens with zero attached hydrogens (tertiary/aromatic N) is 3. The van der Waals surface area contributed by atoms with Crippen LogP contribution in [0.3, 0.4) is 0 Å². The number of piperazine rings is 1. The number of rotatable bonds is 7. The average Bonchev–Trinajstić information content (AvgIpc) is 3.28. The van der Waals surface area contributed by atoms with E-state index < -0.39 is 15.1 Å². The summed E-state index contributed by atoms with van der Waals surface area (Å²) in [6, 6.07) is 14.4. The van der Waals surface area contributed by atoms with Crippen molar-refractivity contribution in [1.29, 1.82) is 0 Å². The molecule has 0 saturated carbocycles. The zero-order valence-electron chi connectivity index (χ0n) is 19.3. The number of thiazole rings is 1. The van der Waals surface area contributed by atoms with Gasteiger partial charge in [0.25, 0.3) is 0 Å². The lowest BCUT2D eigenvalue weighted by Crippen LogP contribution is -2.48. The van der Waals surface area contributed by atoms with E-state index in [1.54, 1.807) is 49.4 Å². The standard InChI is InChI=1S/C25H28ClN3O3S2/c1-18(2)34(31,32)22-9-3-19(4-10-22)15-25(30)29-13-11-28(12-14-29)16-24-27-23(17-33-24)20-5-7-21(26)8-6-20/h3-10,17-18H,11-16H2,1-2H3. The molecule has 0 unspecified atom stereocenters. The lowest BCUT2D eigenvalue weighted by molar-refractivity contribution is -0.132. The van der Waals surface area contributed by atoms with Crippen LogP contribution in [0.2, 0.25) is 5.02 Å². The quantitative estimate of drug-likeness (QED) is 0.460. The van der Waals surface area contributed by atoms with E-state index in [1.807, 2.05) is 29.2 Å². The maximum Gasteiger partial charge on any atom is 0.227 e. The molecule has 9 heteroatoms. The second-order valence-electron chi connectivity index (χ2n) is 8.70. The summed E-state index contributed by atoms with van der Waals surface area (Å²) >= 11 is 7.62. The monoisotopic (exact) mass is 517 g/mol. The molecule has 0 atom stereocenters. The minimum atomic E-state index is -3.30. The highest BCUT2D eigenvalue weighted by molar-refractivity contribution is 7.92. The number of carbonyl (C=O) groups excluding carboxylic acids is 1. The van der Waals surface area contributed by atoms with Crippen molar-refractivity contribution in [3.63, 3.8) is 0 Å². The number of hydrogen-bond donors (Lipinski definition) is 0. The van der Waals surface area contributed by atoms with Crippen LogP contribution in [-0.4, -0.2) is 60.5 Å². The number of aromatic nitrogens is 1. The second-order valence-corrected chi connectivity index (χ2v) is 12.6. The molecule has 1 aromatic heterocycles. The Morgan fingerprint density at radius 2 is 1.68 bits per heavy atom. The SMILES string of the molecule is CC(C)S(=O)(=O)c1ccc(CC(=O)N2CCN(Cc3nc(-c4ccc(Cl)cc4)cs3)CC2)cc1. The fraction of sp³-hybridized carbons (Fsp3) is 0.360. The van der Waals surface area contributed by atoms with Gasteiger partial charge in [0.2, 0.25) is 5.91 Å². The van der Waals surface area contributed by atoms with Gasteiger partial charge in [0.15, 0.2) is 9.84 Å². The summed E-state index contributed by atoms with van der Waals surface area (Å²) in [4.78, 5) is 22.0. The Labute approximate surface area is 210 Å². The van der Waals surface area contributed by atoms with Gasteiger partial charge in [0.05, 0.1) is 28.8 Å². The van der Waals surface area contributed by atoms with Crippen LogP contribution >= 0.6 is 22.9 Å². The van der Waals surface area contributed by atoms with Crippen molar-refractivity contribution >= 4 is 38.7 Å². The Hall–Kier alpha value is -2.26. The predicted molar refractivity (Wildman–Crippen MR) is 137 cm³/mol. The Kier molecular flexibility index (Phi) is 7.72.